The van der Waals surface area contributed by atoms with E-state index >= 15 is 0 Å². The van der Waals surface area contributed by atoms with Gasteiger partial charge < -0.3 is 14.5 Å². The maximum Gasteiger partial charge on any atom is 0.410 e. The van der Waals surface area contributed by atoms with E-state index in [0.717, 1.165) is 31.0 Å². The van der Waals surface area contributed by atoms with E-state index in [0.29, 0.717) is 37.9 Å². The van der Waals surface area contributed by atoms with E-state index in [-0.39, 0.29) is 24.1 Å². The van der Waals surface area contributed by atoms with Crippen molar-refractivity contribution in [1.29, 1.82) is 0 Å². The van der Waals surface area contributed by atoms with Crippen molar-refractivity contribution in [1.82, 2.24) is 14.7 Å². The zero-order valence-electron chi connectivity index (χ0n) is 25.0. The summed E-state index contributed by atoms with van der Waals surface area (Å²) >= 11 is 6.23. The predicted octanol–water partition coefficient (Wildman–Crippen LogP) is 6.94. The van der Waals surface area contributed by atoms with Crippen LogP contribution in [0.25, 0.3) is 0 Å². The molecule has 0 spiro atoms. The second kappa shape index (κ2) is 12.9. The second-order valence-electron chi connectivity index (χ2n) is 12.9. The average Bonchev–Trinajstić information content (AvgIpc) is 2.90. The minimum atomic E-state index is -0.496. The highest BCUT2D eigenvalue weighted by molar-refractivity contribution is 6.30. The molecule has 2 aliphatic heterocycles. The van der Waals surface area contributed by atoms with Gasteiger partial charge in [0.1, 0.15) is 5.60 Å². The summed E-state index contributed by atoms with van der Waals surface area (Å²) in [5, 5.41) is 0.735. The van der Waals surface area contributed by atoms with E-state index < -0.39 is 5.60 Å². The number of halogens is 1. The predicted molar refractivity (Wildman–Crippen MR) is 162 cm³/mol. The maximum atomic E-state index is 13.7. The van der Waals surface area contributed by atoms with Crippen LogP contribution >= 0.6 is 11.6 Å². The summed E-state index contributed by atoms with van der Waals surface area (Å²) in [6, 6.07) is 17.2. The molecule has 6 nitrogen and oxygen atoms in total. The summed E-state index contributed by atoms with van der Waals surface area (Å²) < 4.78 is 5.53. The first-order chi connectivity index (χ1) is 18.9. The van der Waals surface area contributed by atoms with E-state index in [1.165, 1.54) is 16.7 Å². The zero-order valence-corrected chi connectivity index (χ0v) is 25.8. The lowest BCUT2D eigenvalue weighted by Crippen LogP contribution is -2.58. The summed E-state index contributed by atoms with van der Waals surface area (Å²) in [6.45, 7) is 15.9. The first-order valence-corrected chi connectivity index (χ1v) is 15.1. The normalized spacial score (nSPS) is 20.1. The molecule has 7 heteroatoms. The maximum absolute atomic E-state index is 13.7. The number of amides is 2. The summed E-state index contributed by atoms with van der Waals surface area (Å²) in [7, 11) is 0. The molecule has 2 unspecified atom stereocenters. The van der Waals surface area contributed by atoms with Gasteiger partial charge in [-0.3, -0.25) is 9.69 Å². The summed E-state index contributed by atoms with van der Waals surface area (Å²) in [4.78, 5) is 32.6. The van der Waals surface area contributed by atoms with Crippen LogP contribution in [0, 0.1) is 18.8 Å². The quantitative estimate of drug-likeness (QED) is 0.379. The number of aryl methyl sites for hydroxylation is 1. The van der Waals surface area contributed by atoms with Crippen LogP contribution in [0.4, 0.5) is 4.79 Å². The fourth-order valence-electron chi connectivity index (χ4n) is 5.97. The van der Waals surface area contributed by atoms with Crippen molar-refractivity contribution in [3.8, 4) is 0 Å². The van der Waals surface area contributed by atoms with Crippen LogP contribution in [0.15, 0.2) is 48.5 Å². The molecular weight excluding hydrogens is 522 g/mol. The minimum absolute atomic E-state index is 0.105. The Morgan fingerprint density at radius 1 is 0.925 bits per heavy atom. The van der Waals surface area contributed by atoms with E-state index in [1.807, 2.05) is 32.9 Å². The van der Waals surface area contributed by atoms with Crippen LogP contribution in [0.1, 0.15) is 76.6 Å². The van der Waals surface area contributed by atoms with E-state index in [2.05, 4.69) is 67.0 Å². The Hall–Kier alpha value is -2.57. The summed E-state index contributed by atoms with van der Waals surface area (Å²) in [5.74, 6) is 0.878. The first-order valence-electron chi connectivity index (χ1n) is 14.7. The van der Waals surface area contributed by atoms with Gasteiger partial charge in [0.15, 0.2) is 0 Å². The highest BCUT2D eigenvalue weighted by Gasteiger charge is 2.37. The fourth-order valence-corrected chi connectivity index (χ4v) is 6.09. The van der Waals surface area contributed by atoms with Crippen molar-refractivity contribution >= 4 is 23.6 Å². The topological polar surface area (TPSA) is 53.1 Å². The first kappa shape index (κ1) is 30.4. The van der Waals surface area contributed by atoms with Crippen LogP contribution in [0.3, 0.4) is 0 Å². The van der Waals surface area contributed by atoms with Crippen molar-refractivity contribution in [2.24, 2.45) is 11.8 Å². The zero-order chi connectivity index (χ0) is 29.0. The van der Waals surface area contributed by atoms with Crippen LogP contribution in [-0.2, 0) is 9.53 Å². The number of hydrogen-bond acceptors (Lipinski definition) is 4. The molecule has 218 valence electrons. The van der Waals surface area contributed by atoms with Gasteiger partial charge >= 0.3 is 6.09 Å². The molecule has 2 saturated heterocycles. The summed E-state index contributed by atoms with van der Waals surface area (Å²) in [6.07, 6.45) is 1.97. The molecule has 2 aromatic rings. The average molecular weight is 568 g/mol. The number of hydrogen-bond donors (Lipinski definition) is 0. The number of rotatable bonds is 6. The lowest BCUT2D eigenvalue weighted by Gasteiger charge is -2.47. The van der Waals surface area contributed by atoms with Gasteiger partial charge in [-0.1, -0.05) is 67.4 Å². The molecule has 2 aliphatic rings. The highest BCUT2D eigenvalue weighted by Crippen LogP contribution is 2.34. The molecule has 0 aliphatic carbocycles. The monoisotopic (exact) mass is 567 g/mol. The Labute approximate surface area is 245 Å². The Bertz CT molecular complexity index is 1090. The lowest BCUT2D eigenvalue weighted by atomic mass is 9.90. The van der Waals surface area contributed by atoms with Crippen LogP contribution in [0.5, 0.6) is 0 Å². The molecule has 0 N–H and O–H groups in total. The number of likely N-dealkylation sites (tertiary alicyclic amines) is 1. The Morgan fingerprint density at radius 3 is 2.05 bits per heavy atom. The lowest BCUT2D eigenvalue weighted by molar-refractivity contribution is -0.139. The molecule has 2 atom stereocenters. The van der Waals surface area contributed by atoms with Gasteiger partial charge in [-0.25, -0.2) is 4.79 Å². The van der Waals surface area contributed by atoms with E-state index in [4.69, 9.17) is 16.3 Å². The smallest absolute Gasteiger partial charge is 0.410 e. The van der Waals surface area contributed by atoms with Gasteiger partial charge in [0.25, 0.3) is 0 Å². The van der Waals surface area contributed by atoms with Gasteiger partial charge in [-0.2, -0.15) is 0 Å². The Kier molecular flexibility index (Phi) is 9.84. The van der Waals surface area contributed by atoms with Gasteiger partial charge in [-0.15, -0.1) is 0 Å². The second-order valence-corrected chi connectivity index (χ2v) is 13.3. The number of nitrogens with zero attached hydrogens (tertiary/aromatic N) is 3. The molecule has 0 radical (unpaired) electrons. The van der Waals surface area contributed by atoms with Crippen molar-refractivity contribution < 1.29 is 14.3 Å². The third-order valence-corrected chi connectivity index (χ3v) is 8.47. The van der Waals surface area contributed by atoms with Crippen LogP contribution in [-0.4, -0.2) is 71.1 Å². The van der Waals surface area contributed by atoms with Crippen molar-refractivity contribution in [3.63, 3.8) is 0 Å². The molecule has 0 saturated carbocycles. The third-order valence-electron chi connectivity index (χ3n) is 8.21. The molecule has 40 heavy (non-hydrogen) atoms. The molecular formula is C33H46ClN3O3. The molecule has 0 bridgehead atoms. The van der Waals surface area contributed by atoms with Gasteiger partial charge in [0, 0.05) is 50.2 Å². The largest absolute Gasteiger partial charge is 0.444 e. The van der Waals surface area contributed by atoms with E-state index in [9.17, 15) is 9.59 Å². The fraction of sp³-hybridized carbons (Fsp3) is 0.576. The molecule has 2 heterocycles. The summed E-state index contributed by atoms with van der Waals surface area (Å²) in [5.41, 5.74) is 3.22. The van der Waals surface area contributed by atoms with E-state index in [1.54, 1.807) is 4.90 Å². The van der Waals surface area contributed by atoms with Crippen molar-refractivity contribution in [2.75, 3.05) is 32.7 Å². The van der Waals surface area contributed by atoms with Crippen LogP contribution in [0.2, 0.25) is 5.02 Å². The number of carbonyl (C=O) groups excluding carboxylic acids is 2. The third kappa shape index (κ3) is 7.79. The molecule has 2 aromatic carbocycles. The SMILES string of the molecule is Cc1ccc(C(c2ccc(Cl)cc2)N2CCN(C(=O)CC3CCN(C(=O)OC(C)(C)C)CC3)C(C(C)C)C2)cc1. The number of piperazine rings is 1. The highest BCUT2D eigenvalue weighted by atomic mass is 35.5. The Morgan fingerprint density at radius 2 is 1.50 bits per heavy atom. The van der Waals surface area contributed by atoms with Crippen molar-refractivity contribution in [2.45, 2.75) is 78.5 Å². The van der Waals surface area contributed by atoms with Gasteiger partial charge in [0.2, 0.25) is 5.91 Å². The number of benzene rings is 2. The molecule has 2 amide bonds. The molecule has 4 rings (SSSR count). The minimum Gasteiger partial charge on any atom is -0.444 e. The van der Waals surface area contributed by atoms with Crippen LogP contribution < -0.4 is 0 Å². The standard InChI is InChI=1S/C33H46ClN3O3/c1-23(2)29-22-36(31(26-9-7-24(3)8-10-26)27-11-13-28(34)14-12-27)19-20-37(29)30(38)21-25-15-17-35(18-16-25)32(39)40-33(4,5)6/h7-14,23,25,29,31H,15-22H2,1-6H3. The number of ether oxygens (including phenoxy) is 1. The molecule has 2 fully saturated rings. The van der Waals surface area contributed by atoms with Crippen molar-refractivity contribution in [3.05, 3.63) is 70.2 Å². The Balaban J connectivity index is 1.42. The number of carbonyl (C=O) groups is 2. The van der Waals surface area contributed by atoms with Gasteiger partial charge in [0.05, 0.1) is 6.04 Å². The molecule has 0 aromatic heterocycles. The van der Waals surface area contributed by atoms with Gasteiger partial charge in [-0.05, 0) is 75.6 Å². The number of piperidine rings is 1.